The quantitative estimate of drug-likeness (QED) is 0.496. The predicted octanol–water partition coefficient (Wildman–Crippen LogP) is 3.72. The predicted molar refractivity (Wildman–Crippen MR) is 94.4 cm³/mol. The number of hydroxylamine groups is 1. The smallest absolute Gasteiger partial charge is 0.277 e. The molecule has 1 unspecified atom stereocenters. The molecule has 148 valence electrons. The van der Waals surface area contributed by atoms with E-state index in [4.69, 9.17) is 4.84 Å². The third-order valence-corrected chi connectivity index (χ3v) is 3.60. The Kier molecular flexibility index (Phi) is 7.15. The summed E-state index contributed by atoms with van der Waals surface area (Å²) in [6.07, 6.45) is 0. The lowest BCUT2D eigenvalue weighted by atomic mass is 10.1. The molecule has 0 saturated heterocycles. The summed E-state index contributed by atoms with van der Waals surface area (Å²) < 4.78 is 41.9. The highest BCUT2D eigenvalue weighted by molar-refractivity contribution is 6.00. The molecule has 0 heterocycles. The van der Waals surface area contributed by atoms with Crippen molar-refractivity contribution in [2.24, 2.45) is 10.4 Å². The monoisotopic (exact) mass is 396 g/mol. The minimum atomic E-state index is -1.40. The Morgan fingerprint density at radius 2 is 1.89 bits per heavy atom. The van der Waals surface area contributed by atoms with Crippen molar-refractivity contribution in [3.8, 4) is 0 Å². The number of aryl methyl sites for hydroxylation is 1. The number of nitrogens with one attached hydrogen (secondary N) is 2. The first-order valence-electron chi connectivity index (χ1n) is 7.92. The van der Waals surface area contributed by atoms with Crippen molar-refractivity contribution in [2.45, 2.75) is 13.0 Å². The van der Waals surface area contributed by atoms with E-state index in [0.717, 1.165) is 6.07 Å². The summed E-state index contributed by atoms with van der Waals surface area (Å²) in [5.41, 5.74) is 1.36. The molecule has 2 N–H and O–H groups in total. The Balaban J connectivity index is 2.22. The molecule has 0 spiro atoms. The van der Waals surface area contributed by atoms with Crippen LogP contribution in [0, 0.1) is 34.2 Å². The van der Waals surface area contributed by atoms with Crippen LogP contribution in [0.15, 0.2) is 40.7 Å². The third kappa shape index (κ3) is 5.10. The summed E-state index contributed by atoms with van der Waals surface area (Å²) in [4.78, 5) is 37.6. The molecule has 1 atom stereocenters. The molecule has 0 aliphatic carbocycles. The second kappa shape index (κ2) is 9.55. The number of nitrogens with zero attached hydrogens (tertiary/aromatic N) is 2. The molecule has 0 saturated carbocycles. The van der Waals surface area contributed by atoms with Crippen LogP contribution in [0.2, 0.25) is 0 Å². The first-order valence-corrected chi connectivity index (χ1v) is 7.92. The van der Waals surface area contributed by atoms with Crippen LogP contribution in [-0.4, -0.2) is 25.1 Å². The number of halogens is 3. The number of nitroso groups, excluding NO2 is 2. The van der Waals surface area contributed by atoms with E-state index in [1.807, 2.05) is 5.48 Å². The molecule has 2 aromatic carbocycles. The van der Waals surface area contributed by atoms with E-state index < -0.39 is 48.2 Å². The molecule has 28 heavy (non-hydrogen) atoms. The average Bonchev–Trinajstić information content (AvgIpc) is 2.66. The minimum absolute atomic E-state index is 0.174. The number of carbonyl (C=O) groups excluding carboxylic acids is 1. The number of anilines is 2. The molecular weight excluding hydrogens is 381 g/mol. The first kappa shape index (κ1) is 21.0. The maximum Gasteiger partial charge on any atom is 0.277 e. The second-order valence-electron chi connectivity index (χ2n) is 5.71. The van der Waals surface area contributed by atoms with E-state index >= 15 is 0 Å². The summed E-state index contributed by atoms with van der Waals surface area (Å²) >= 11 is 0. The van der Waals surface area contributed by atoms with Gasteiger partial charge in [-0.05, 0) is 36.8 Å². The van der Waals surface area contributed by atoms with Crippen LogP contribution in [0.3, 0.4) is 0 Å². The van der Waals surface area contributed by atoms with Gasteiger partial charge in [-0.2, -0.15) is 9.81 Å². The average molecular weight is 396 g/mol. The van der Waals surface area contributed by atoms with E-state index in [9.17, 15) is 27.8 Å². The van der Waals surface area contributed by atoms with Gasteiger partial charge in [-0.25, -0.2) is 18.7 Å². The zero-order valence-corrected chi connectivity index (χ0v) is 14.5. The zero-order valence-electron chi connectivity index (χ0n) is 14.5. The van der Waals surface area contributed by atoms with Crippen LogP contribution < -0.4 is 10.8 Å². The number of benzene rings is 2. The normalized spacial score (nSPS) is 11.6. The van der Waals surface area contributed by atoms with Crippen LogP contribution in [0.5, 0.6) is 0 Å². The molecule has 0 aliphatic heterocycles. The summed E-state index contributed by atoms with van der Waals surface area (Å²) in [6, 6.07) is 4.58. The standard InChI is InChI=1S/C17H15F3N4O4/c1-9-2-5-14(13(19)6-9)22-16-11(3-4-12(18)15(16)20)17(25)24-28-8-10(23-27)7-21-26/h2-6,10,22H,7-8H2,1H3,(H,24,25). The zero-order chi connectivity index (χ0) is 20.7. The van der Waals surface area contributed by atoms with Crippen LogP contribution in [0.4, 0.5) is 24.5 Å². The lowest BCUT2D eigenvalue weighted by Crippen LogP contribution is -2.29. The molecule has 0 bridgehead atoms. The SMILES string of the molecule is Cc1ccc(Nc2c(C(=O)NOCC(CN=O)N=O)ccc(F)c2F)c(F)c1. The van der Waals surface area contributed by atoms with Crippen molar-refractivity contribution in [1.82, 2.24) is 5.48 Å². The van der Waals surface area contributed by atoms with Crippen LogP contribution in [-0.2, 0) is 4.84 Å². The highest BCUT2D eigenvalue weighted by Gasteiger charge is 2.21. The van der Waals surface area contributed by atoms with Gasteiger partial charge in [0.15, 0.2) is 11.6 Å². The fourth-order valence-corrected chi connectivity index (χ4v) is 2.18. The Morgan fingerprint density at radius 3 is 2.54 bits per heavy atom. The molecular formula is C17H15F3N4O4. The maximum absolute atomic E-state index is 14.2. The van der Waals surface area contributed by atoms with Crippen LogP contribution >= 0.6 is 0 Å². The number of carbonyl (C=O) groups is 1. The second-order valence-corrected chi connectivity index (χ2v) is 5.71. The highest BCUT2D eigenvalue weighted by atomic mass is 19.2. The van der Waals surface area contributed by atoms with Crippen LogP contribution in [0.25, 0.3) is 0 Å². The van der Waals surface area contributed by atoms with Gasteiger partial charge >= 0.3 is 0 Å². The van der Waals surface area contributed by atoms with E-state index in [1.165, 1.54) is 12.1 Å². The third-order valence-electron chi connectivity index (χ3n) is 3.60. The van der Waals surface area contributed by atoms with Gasteiger partial charge in [0.1, 0.15) is 25.0 Å². The molecule has 0 aliphatic rings. The van der Waals surface area contributed by atoms with Gasteiger partial charge in [-0.1, -0.05) is 16.4 Å². The van der Waals surface area contributed by atoms with Crippen molar-refractivity contribution >= 4 is 17.3 Å². The van der Waals surface area contributed by atoms with Gasteiger partial charge in [0, 0.05) is 0 Å². The fraction of sp³-hybridized carbons (Fsp3) is 0.235. The topological polar surface area (TPSA) is 109 Å². The number of rotatable bonds is 9. The number of hydrogen-bond donors (Lipinski definition) is 2. The van der Waals surface area contributed by atoms with E-state index in [1.54, 1.807) is 13.0 Å². The summed E-state index contributed by atoms with van der Waals surface area (Å²) in [5.74, 6) is -4.38. The minimum Gasteiger partial charge on any atom is -0.350 e. The first-order chi connectivity index (χ1) is 13.4. The Labute approximate surface area is 157 Å². The lowest BCUT2D eigenvalue weighted by molar-refractivity contribution is 0.0269. The molecule has 0 aromatic heterocycles. The molecule has 0 radical (unpaired) electrons. The van der Waals surface area contributed by atoms with Gasteiger partial charge in [0.25, 0.3) is 5.91 Å². The van der Waals surface area contributed by atoms with Crippen molar-refractivity contribution in [3.05, 3.63) is 68.7 Å². The Hall–Kier alpha value is -3.34. The van der Waals surface area contributed by atoms with Crippen molar-refractivity contribution in [2.75, 3.05) is 18.5 Å². The van der Waals surface area contributed by atoms with Gasteiger partial charge < -0.3 is 5.32 Å². The summed E-state index contributed by atoms with van der Waals surface area (Å²) in [6.45, 7) is 0.734. The molecule has 8 nitrogen and oxygen atoms in total. The molecule has 11 heteroatoms. The summed E-state index contributed by atoms with van der Waals surface area (Å²) in [7, 11) is 0. The highest BCUT2D eigenvalue weighted by Crippen LogP contribution is 2.28. The van der Waals surface area contributed by atoms with Gasteiger partial charge in [-0.3, -0.25) is 9.63 Å². The molecule has 2 rings (SSSR count). The fourth-order valence-electron chi connectivity index (χ4n) is 2.18. The molecule has 0 fully saturated rings. The van der Waals surface area contributed by atoms with E-state index in [0.29, 0.717) is 11.6 Å². The van der Waals surface area contributed by atoms with Crippen molar-refractivity contribution < 1.29 is 22.8 Å². The van der Waals surface area contributed by atoms with Crippen molar-refractivity contribution in [3.63, 3.8) is 0 Å². The van der Waals surface area contributed by atoms with E-state index in [-0.39, 0.29) is 11.3 Å². The largest absolute Gasteiger partial charge is 0.350 e. The van der Waals surface area contributed by atoms with Gasteiger partial charge in [0.05, 0.1) is 16.9 Å². The Bertz CT molecular complexity index is 895. The maximum atomic E-state index is 14.2. The molecule has 1 amide bonds. The number of hydrogen-bond acceptors (Lipinski definition) is 7. The van der Waals surface area contributed by atoms with Gasteiger partial charge in [-0.15, -0.1) is 0 Å². The lowest BCUT2D eigenvalue weighted by Gasteiger charge is -2.15. The van der Waals surface area contributed by atoms with Crippen molar-refractivity contribution in [1.29, 1.82) is 0 Å². The number of amides is 1. The molecule has 2 aromatic rings. The van der Waals surface area contributed by atoms with E-state index in [2.05, 4.69) is 15.7 Å². The van der Waals surface area contributed by atoms with Gasteiger partial charge in [0.2, 0.25) is 0 Å². The van der Waals surface area contributed by atoms with Crippen LogP contribution in [0.1, 0.15) is 15.9 Å². The summed E-state index contributed by atoms with van der Waals surface area (Å²) in [5, 5.41) is 7.42. The Morgan fingerprint density at radius 1 is 1.14 bits per heavy atom.